The van der Waals surface area contributed by atoms with E-state index in [2.05, 4.69) is 4.90 Å². The molecule has 4 nitrogen and oxygen atoms in total. The normalized spacial score (nSPS) is 31.2. The standard InChI is InChI=1S/C14H27NO3/c16-12-13-6-2-1-4-8-15(13)9-11-18-14-7-3-5-10-17-14/h13-14,16H,1-12H2. The summed E-state index contributed by atoms with van der Waals surface area (Å²) in [6.07, 6.45) is 8.33. The Bertz CT molecular complexity index is 219. The summed E-state index contributed by atoms with van der Waals surface area (Å²) in [5, 5.41) is 9.43. The van der Waals surface area contributed by atoms with Crippen molar-refractivity contribution in [3.63, 3.8) is 0 Å². The third-order valence-electron chi connectivity index (χ3n) is 4.03. The van der Waals surface area contributed by atoms with Gasteiger partial charge in [-0.05, 0) is 38.6 Å². The zero-order chi connectivity index (χ0) is 12.6. The van der Waals surface area contributed by atoms with Crippen LogP contribution in [0.3, 0.4) is 0 Å². The van der Waals surface area contributed by atoms with Crippen molar-refractivity contribution in [2.24, 2.45) is 0 Å². The molecule has 0 aromatic carbocycles. The van der Waals surface area contributed by atoms with Crippen molar-refractivity contribution in [1.82, 2.24) is 4.90 Å². The molecule has 0 bridgehead atoms. The molecule has 1 N–H and O–H groups in total. The first kappa shape index (κ1) is 14.3. The van der Waals surface area contributed by atoms with Gasteiger partial charge in [0.1, 0.15) is 0 Å². The van der Waals surface area contributed by atoms with Gasteiger partial charge < -0.3 is 14.6 Å². The highest BCUT2D eigenvalue weighted by Crippen LogP contribution is 2.17. The molecule has 2 atom stereocenters. The first-order chi connectivity index (χ1) is 8.90. The van der Waals surface area contributed by atoms with Gasteiger partial charge in [-0.2, -0.15) is 0 Å². The van der Waals surface area contributed by atoms with E-state index in [1.54, 1.807) is 0 Å². The van der Waals surface area contributed by atoms with E-state index in [4.69, 9.17) is 9.47 Å². The lowest BCUT2D eigenvalue weighted by Crippen LogP contribution is -2.40. The van der Waals surface area contributed by atoms with Crippen molar-refractivity contribution in [2.75, 3.05) is 32.9 Å². The summed E-state index contributed by atoms with van der Waals surface area (Å²) in [6, 6.07) is 0.336. The summed E-state index contributed by atoms with van der Waals surface area (Å²) in [7, 11) is 0. The minimum Gasteiger partial charge on any atom is -0.395 e. The van der Waals surface area contributed by atoms with Crippen LogP contribution in [0.25, 0.3) is 0 Å². The molecule has 0 aliphatic carbocycles. The Labute approximate surface area is 110 Å². The average molecular weight is 257 g/mol. The summed E-state index contributed by atoms with van der Waals surface area (Å²) in [5.74, 6) is 0. The quantitative estimate of drug-likeness (QED) is 0.815. The van der Waals surface area contributed by atoms with Crippen molar-refractivity contribution < 1.29 is 14.6 Å². The van der Waals surface area contributed by atoms with Crippen LogP contribution < -0.4 is 0 Å². The van der Waals surface area contributed by atoms with E-state index in [1.807, 2.05) is 0 Å². The Balaban J connectivity index is 1.66. The predicted octanol–water partition coefficient (Wildman–Crippen LogP) is 1.77. The Morgan fingerprint density at radius 3 is 2.78 bits per heavy atom. The molecule has 0 amide bonds. The number of nitrogens with zero attached hydrogens (tertiary/aromatic N) is 1. The van der Waals surface area contributed by atoms with Crippen molar-refractivity contribution in [2.45, 2.75) is 57.3 Å². The van der Waals surface area contributed by atoms with E-state index >= 15 is 0 Å². The first-order valence-corrected chi connectivity index (χ1v) is 7.48. The molecule has 0 spiro atoms. The zero-order valence-corrected chi connectivity index (χ0v) is 11.4. The molecule has 2 aliphatic rings. The molecule has 106 valence electrons. The van der Waals surface area contributed by atoms with Gasteiger partial charge in [-0.1, -0.05) is 12.8 Å². The maximum atomic E-state index is 9.43. The summed E-state index contributed by atoms with van der Waals surface area (Å²) in [4.78, 5) is 2.38. The van der Waals surface area contributed by atoms with Crippen molar-refractivity contribution in [3.8, 4) is 0 Å². The van der Waals surface area contributed by atoms with Crippen LogP contribution in [0.1, 0.15) is 44.9 Å². The van der Waals surface area contributed by atoms with Crippen LogP contribution in [0.2, 0.25) is 0 Å². The summed E-state index contributed by atoms with van der Waals surface area (Å²) >= 11 is 0. The number of rotatable bonds is 5. The highest BCUT2D eigenvalue weighted by molar-refractivity contribution is 4.74. The second-order valence-electron chi connectivity index (χ2n) is 5.39. The van der Waals surface area contributed by atoms with E-state index in [0.717, 1.165) is 39.1 Å². The Morgan fingerprint density at radius 1 is 1.11 bits per heavy atom. The number of likely N-dealkylation sites (tertiary alicyclic amines) is 1. The third-order valence-corrected chi connectivity index (χ3v) is 4.03. The smallest absolute Gasteiger partial charge is 0.157 e. The lowest BCUT2D eigenvalue weighted by molar-refractivity contribution is -0.165. The number of hydrogen-bond donors (Lipinski definition) is 1. The maximum Gasteiger partial charge on any atom is 0.157 e. The molecule has 2 rings (SSSR count). The minimum absolute atomic E-state index is 0.0123. The van der Waals surface area contributed by atoms with Crippen LogP contribution in [-0.2, 0) is 9.47 Å². The maximum absolute atomic E-state index is 9.43. The van der Waals surface area contributed by atoms with Gasteiger partial charge in [-0.15, -0.1) is 0 Å². The summed E-state index contributed by atoms with van der Waals surface area (Å²) in [5.41, 5.74) is 0. The Hall–Kier alpha value is -0.160. The third kappa shape index (κ3) is 4.50. The van der Waals surface area contributed by atoms with E-state index in [-0.39, 0.29) is 12.9 Å². The van der Waals surface area contributed by atoms with Gasteiger partial charge in [0, 0.05) is 19.2 Å². The monoisotopic (exact) mass is 257 g/mol. The fourth-order valence-electron chi connectivity index (χ4n) is 2.88. The van der Waals surface area contributed by atoms with E-state index in [0.29, 0.717) is 6.04 Å². The van der Waals surface area contributed by atoms with Gasteiger partial charge in [0.2, 0.25) is 0 Å². The van der Waals surface area contributed by atoms with Gasteiger partial charge in [0.05, 0.1) is 13.2 Å². The van der Waals surface area contributed by atoms with Crippen LogP contribution in [-0.4, -0.2) is 55.2 Å². The molecule has 2 unspecified atom stereocenters. The molecular weight excluding hydrogens is 230 g/mol. The van der Waals surface area contributed by atoms with Crippen LogP contribution in [0, 0.1) is 0 Å². The molecule has 0 aromatic rings. The summed E-state index contributed by atoms with van der Waals surface area (Å²) in [6.45, 7) is 3.86. The SMILES string of the molecule is OCC1CCCCCN1CCOC1CCCCO1. The van der Waals surface area contributed by atoms with Gasteiger partial charge >= 0.3 is 0 Å². The molecule has 2 aliphatic heterocycles. The first-order valence-electron chi connectivity index (χ1n) is 7.48. The lowest BCUT2D eigenvalue weighted by Gasteiger charge is -2.29. The molecule has 2 heterocycles. The van der Waals surface area contributed by atoms with Gasteiger partial charge in [0.15, 0.2) is 6.29 Å². The highest BCUT2D eigenvalue weighted by atomic mass is 16.7. The zero-order valence-electron chi connectivity index (χ0n) is 11.4. The molecule has 4 heteroatoms. The minimum atomic E-state index is 0.0123. The van der Waals surface area contributed by atoms with E-state index in [1.165, 1.54) is 32.1 Å². The van der Waals surface area contributed by atoms with Crippen molar-refractivity contribution >= 4 is 0 Å². The van der Waals surface area contributed by atoms with Crippen LogP contribution in [0.15, 0.2) is 0 Å². The largest absolute Gasteiger partial charge is 0.395 e. The average Bonchev–Trinajstić information content (AvgIpc) is 2.65. The Kier molecular flexibility index (Phi) is 6.41. The second-order valence-corrected chi connectivity index (χ2v) is 5.39. The molecule has 0 radical (unpaired) electrons. The number of aliphatic hydroxyl groups excluding tert-OH is 1. The fourth-order valence-corrected chi connectivity index (χ4v) is 2.88. The predicted molar refractivity (Wildman–Crippen MR) is 70.5 cm³/mol. The van der Waals surface area contributed by atoms with Crippen LogP contribution in [0.5, 0.6) is 0 Å². The van der Waals surface area contributed by atoms with Crippen molar-refractivity contribution in [1.29, 1.82) is 0 Å². The number of hydrogen-bond acceptors (Lipinski definition) is 4. The van der Waals surface area contributed by atoms with E-state index in [9.17, 15) is 5.11 Å². The molecule has 0 aromatic heterocycles. The molecule has 2 fully saturated rings. The fraction of sp³-hybridized carbons (Fsp3) is 1.00. The molecular formula is C14H27NO3. The van der Waals surface area contributed by atoms with E-state index < -0.39 is 0 Å². The molecule has 0 saturated carbocycles. The molecule has 2 saturated heterocycles. The van der Waals surface area contributed by atoms with Crippen LogP contribution in [0.4, 0.5) is 0 Å². The van der Waals surface area contributed by atoms with Crippen molar-refractivity contribution in [3.05, 3.63) is 0 Å². The second kappa shape index (κ2) is 8.10. The summed E-state index contributed by atoms with van der Waals surface area (Å²) < 4.78 is 11.3. The highest BCUT2D eigenvalue weighted by Gasteiger charge is 2.20. The number of aliphatic hydroxyl groups is 1. The number of ether oxygens (including phenoxy) is 2. The topological polar surface area (TPSA) is 41.9 Å². The van der Waals surface area contributed by atoms with Crippen LogP contribution >= 0.6 is 0 Å². The van der Waals surface area contributed by atoms with Gasteiger partial charge in [0.25, 0.3) is 0 Å². The van der Waals surface area contributed by atoms with Gasteiger partial charge in [-0.25, -0.2) is 0 Å². The molecule has 18 heavy (non-hydrogen) atoms. The van der Waals surface area contributed by atoms with Gasteiger partial charge in [-0.3, -0.25) is 4.90 Å². The lowest BCUT2D eigenvalue weighted by atomic mass is 10.1. The Morgan fingerprint density at radius 2 is 2.00 bits per heavy atom.